The maximum absolute atomic E-state index is 11.8. The van der Waals surface area contributed by atoms with Gasteiger partial charge in [-0.3, -0.25) is 14.2 Å². The molecule has 1 aromatic heterocycles. The second kappa shape index (κ2) is 9.19. The van der Waals surface area contributed by atoms with Crippen molar-refractivity contribution in [3.05, 3.63) is 29.8 Å². The molecule has 2 amide bonds. The minimum absolute atomic E-state index is 0.0517. The van der Waals surface area contributed by atoms with Crippen LogP contribution in [0.25, 0.3) is 11.4 Å². The molecule has 0 spiro atoms. The fourth-order valence-corrected chi connectivity index (χ4v) is 2.93. The number of methoxy groups -OCH3 is 1. The van der Waals surface area contributed by atoms with Crippen LogP contribution in [0, 0.1) is 6.92 Å². The maximum atomic E-state index is 11.8. The van der Waals surface area contributed by atoms with Gasteiger partial charge in [-0.15, -0.1) is 10.2 Å². The average molecular weight is 363 g/mol. The van der Waals surface area contributed by atoms with Crippen LogP contribution in [0.2, 0.25) is 0 Å². The van der Waals surface area contributed by atoms with E-state index in [2.05, 4.69) is 15.5 Å². The van der Waals surface area contributed by atoms with Crippen LogP contribution in [-0.4, -0.2) is 52.6 Å². The number of primary amides is 1. The van der Waals surface area contributed by atoms with Gasteiger partial charge in [0.2, 0.25) is 11.8 Å². The third-order valence-electron chi connectivity index (χ3n) is 3.27. The van der Waals surface area contributed by atoms with Crippen molar-refractivity contribution in [1.29, 1.82) is 0 Å². The molecule has 0 aliphatic heterocycles. The van der Waals surface area contributed by atoms with Crippen molar-refractivity contribution < 1.29 is 14.3 Å². The van der Waals surface area contributed by atoms with Crippen LogP contribution in [0.15, 0.2) is 29.4 Å². The molecule has 9 heteroatoms. The van der Waals surface area contributed by atoms with Crippen LogP contribution < -0.4 is 11.1 Å². The predicted molar refractivity (Wildman–Crippen MR) is 95.0 cm³/mol. The van der Waals surface area contributed by atoms with E-state index in [0.717, 1.165) is 11.1 Å². The summed E-state index contributed by atoms with van der Waals surface area (Å²) in [4.78, 5) is 23.2. The standard InChI is InChI=1S/C16H21N5O3S/c1-11-4-3-5-12(8-11)15-19-20-16(21(15)9-13(17)22)25-10-14(23)18-6-7-24-2/h3-5,8H,6-7,9-10H2,1-2H3,(H2,17,22)(H,18,23). The van der Waals surface area contributed by atoms with E-state index in [1.165, 1.54) is 11.8 Å². The molecule has 2 rings (SSSR count). The van der Waals surface area contributed by atoms with Gasteiger partial charge in [0.05, 0.1) is 12.4 Å². The maximum Gasteiger partial charge on any atom is 0.237 e. The van der Waals surface area contributed by atoms with Crippen molar-refractivity contribution in [2.24, 2.45) is 5.73 Å². The summed E-state index contributed by atoms with van der Waals surface area (Å²) in [5.41, 5.74) is 7.25. The van der Waals surface area contributed by atoms with E-state index < -0.39 is 5.91 Å². The molecule has 0 fully saturated rings. The fourth-order valence-electron chi connectivity index (χ4n) is 2.17. The Morgan fingerprint density at radius 1 is 1.36 bits per heavy atom. The molecule has 0 aliphatic carbocycles. The summed E-state index contributed by atoms with van der Waals surface area (Å²) in [6.07, 6.45) is 0. The third kappa shape index (κ3) is 5.57. The molecule has 0 atom stereocenters. The Hall–Kier alpha value is -2.39. The number of hydrogen-bond acceptors (Lipinski definition) is 6. The summed E-state index contributed by atoms with van der Waals surface area (Å²) in [7, 11) is 1.57. The number of carbonyl (C=O) groups is 2. The predicted octanol–water partition coefficient (Wildman–Crippen LogP) is 0.594. The smallest absolute Gasteiger partial charge is 0.237 e. The normalized spacial score (nSPS) is 10.6. The SMILES string of the molecule is COCCNC(=O)CSc1nnc(-c2cccc(C)c2)n1CC(N)=O. The number of aryl methyl sites for hydroxylation is 1. The van der Waals surface area contributed by atoms with Crippen molar-refractivity contribution >= 4 is 23.6 Å². The highest BCUT2D eigenvalue weighted by atomic mass is 32.2. The molecule has 0 saturated carbocycles. The van der Waals surface area contributed by atoms with Gasteiger partial charge in [0, 0.05) is 19.2 Å². The van der Waals surface area contributed by atoms with Crippen molar-refractivity contribution in [3.63, 3.8) is 0 Å². The van der Waals surface area contributed by atoms with Gasteiger partial charge in [-0.25, -0.2) is 0 Å². The lowest BCUT2D eigenvalue weighted by molar-refractivity contribution is -0.119. The molecule has 134 valence electrons. The Morgan fingerprint density at radius 3 is 2.84 bits per heavy atom. The number of thioether (sulfide) groups is 1. The number of nitrogens with one attached hydrogen (secondary N) is 1. The molecular weight excluding hydrogens is 342 g/mol. The Morgan fingerprint density at radius 2 is 2.16 bits per heavy atom. The Kier molecular flexibility index (Phi) is 6.96. The van der Waals surface area contributed by atoms with Gasteiger partial charge < -0.3 is 15.8 Å². The van der Waals surface area contributed by atoms with Gasteiger partial charge in [-0.2, -0.15) is 0 Å². The molecule has 0 radical (unpaired) electrons. The monoisotopic (exact) mass is 363 g/mol. The fraction of sp³-hybridized carbons (Fsp3) is 0.375. The number of aromatic nitrogens is 3. The van der Waals surface area contributed by atoms with Crippen LogP contribution in [0.4, 0.5) is 0 Å². The van der Waals surface area contributed by atoms with Crippen LogP contribution in [0.1, 0.15) is 5.56 Å². The number of hydrogen-bond donors (Lipinski definition) is 2. The summed E-state index contributed by atoms with van der Waals surface area (Å²) in [6, 6.07) is 7.72. The molecular formula is C16H21N5O3S. The second-order valence-corrected chi connectivity index (χ2v) is 6.30. The number of nitrogens with two attached hydrogens (primary N) is 1. The first-order valence-electron chi connectivity index (χ1n) is 7.68. The molecule has 2 aromatic rings. The van der Waals surface area contributed by atoms with E-state index in [1.54, 1.807) is 11.7 Å². The Labute approximate surface area is 150 Å². The minimum Gasteiger partial charge on any atom is -0.383 e. The van der Waals surface area contributed by atoms with Crippen LogP contribution >= 0.6 is 11.8 Å². The quantitative estimate of drug-likeness (QED) is 0.498. The van der Waals surface area contributed by atoms with Gasteiger partial charge in [-0.1, -0.05) is 35.5 Å². The van der Waals surface area contributed by atoms with Crippen molar-refractivity contribution in [2.45, 2.75) is 18.6 Å². The van der Waals surface area contributed by atoms with Gasteiger partial charge in [-0.05, 0) is 13.0 Å². The molecule has 1 aromatic carbocycles. The number of amides is 2. The highest BCUT2D eigenvalue weighted by molar-refractivity contribution is 7.99. The first-order valence-corrected chi connectivity index (χ1v) is 8.66. The molecule has 25 heavy (non-hydrogen) atoms. The summed E-state index contributed by atoms with van der Waals surface area (Å²) in [6.45, 7) is 2.81. The van der Waals surface area contributed by atoms with Gasteiger partial charge >= 0.3 is 0 Å². The highest BCUT2D eigenvalue weighted by Crippen LogP contribution is 2.24. The molecule has 0 unspecified atom stereocenters. The van der Waals surface area contributed by atoms with E-state index in [9.17, 15) is 9.59 Å². The largest absolute Gasteiger partial charge is 0.383 e. The number of rotatable bonds is 9. The lowest BCUT2D eigenvalue weighted by atomic mass is 10.1. The molecule has 0 bridgehead atoms. The van der Waals surface area contributed by atoms with Crippen molar-refractivity contribution in [2.75, 3.05) is 26.0 Å². The molecule has 0 saturated heterocycles. The van der Waals surface area contributed by atoms with Gasteiger partial charge in [0.15, 0.2) is 11.0 Å². The Bertz CT molecular complexity index is 747. The summed E-state index contributed by atoms with van der Waals surface area (Å²) in [5.74, 6) is 0.0618. The third-order valence-corrected chi connectivity index (χ3v) is 4.23. The van der Waals surface area contributed by atoms with Crippen LogP contribution in [-0.2, 0) is 20.9 Å². The molecule has 0 aliphatic rings. The van der Waals surface area contributed by atoms with Crippen molar-refractivity contribution in [3.8, 4) is 11.4 Å². The van der Waals surface area contributed by atoms with Crippen LogP contribution in [0.3, 0.4) is 0 Å². The van der Waals surface area contributed by atoms with Gasteiger partial charge in [0.1, 0.15) is 6.54 Å². The van der Waals surface area contributed by atoms with E-state index in [4.69, 9.17) is 10.5 Å². The first kappa shape index (κ1) is 18.9. The Balaban J connectivity index is 2.15. The first-order chi connectivity index (χ1) is 12.0. The van der Waals surface area contributed by atoms with Gasteiger partial charge in [0.25, 0.3) is 0 Å². The summed E-state index contributed by atoms with van der Waals surface area (Å²) in [5, 5.41) is 11.5. The average Bonchev–Trinajstić information content (AvgIpc) is 2.95. The lowest BCUT2D eigenvalue weighted by Gasteiger charge is -2.09. The minimum atomic E-state index is -0.500. The zero-order valence-electron chi connectivity index (χ0n) is 14.2. The topological polar surface area (TPSA) is 112 Å². The number of nitrogens with zero attached hydrogens (tertiary/aromatic N) is 3. The van der Waals surface area contributed by atoms with E-state index in [0.29, 0.717) is 24.1 Å². The molecule has 8 nitrogen and oxygen atoms in total. The van der Waals surface area contributed by atoms with Crippen molar-refractivity contribution in [1.82, 2.24) is 20.1 Å². The molecule has 3 N–H and O–H groups in total. The summed E-state index contributed by atoms with van der Waals surface area (Å²) < 4.78 is 6.51. The number of benzene rings is 1. The zero-order chi connectivity index (χ0) is 18.2. The van der Waals surface area contributed by atoms with E-state index in [-0.39, 0.29) is 18.2 Å². The number of carbonyl (C=O) groups excluding carboxylic acids is 2. The second-order valence-electron chi connectivity index (χ2n) is 5.36. The number of ether oxygens (including phenoxy) is 1. The molecule has 1 heterocycles. The zero-order valence-corrected chi connectivity index (χ0v) is 15.0. The lowest BCUT2D eigenvalue weighted by Crippen LogP contribution is -2.28. The van der Waals surface area contributed by atoms with Crippen LogP contribution in [0.5, 0.6) is 0 Å². The highest BCUT2D eigenvalue weighted by Gasteiger charge is 2.17. The summed E-state index contributed by atoms with van der Waals surface area (Å²) >= 11 is 1.20. The van der Waals surface area contributed by atoms with E-state index in [1.807, 2.05) is 31.2 Å². The van der Waals surface area contributed by atoms with E-state index >= 15 is 0 Å².